The summed E-state index contributed by atoms with van der Waals surface area (Å²) in [4.78, 5) is 17.1. The molecule has 3 aromatic carbocycles. The van der Waals surface area contributed by atoms with E-state index >= 15 is 0 Å². The van der Waals surface area contributed by atoms with Gasteiger partial charge in [0.2, 0.25) is 0 Å². The fraction of sp³-hybridized carbons (Fsp3) is 0.207. The molecule has 2 heterocycles. The smallest absolute Gasteiger partial charge is 0.185 e. The first kappa shape index (κ1) is 22.8. The third-order valence-corrected chi connectivity index (χ3v) is 7.81. The average Bonchev–Trinajstić information content (AvgIpc) is 3.23. The number of fused-ring (bicyclic) bond motifs is 3. The van der Waals surface area contributed by atoms with Gasteiger partial charge in [0.1, 0.15) is 11.8 Å². The Morgan fingerprint density at radius 2 is 1.69 bits per heavy atom. The molecule has 2 aliphatic heterocycles. The lowest BCUT2D eigenvalue weighted by Crippen LogP contribution is -2.37. The summed E-state index contributed by atoms with van der Waals surface area (Å²) in [5.41, 5.74) is 1.69. The Morgan fingerprint density at radius 3 is 2.31 bits per heavy atom. The van der Waals surface area contributed by atoms with Crippen LogP contribution in [-0.4, -0.2) is 30.1 Å². The van der Waals surface area contributed by atoms with Crippen LogP contribution in [0.25, 0.3) is 6.08 Å². The molecule has 0 radical (unpaired) electrons. The van der Waals surface area contributed by atoms with Gasteiger partial charge in [0, 0.05) is 22.6 Å². The topological polar surface area (TPSA) is 77.1 Å². The highest BCUT2D eigenvalue weighted by molar-refractivity contribution is 7.98. The van der Waals surface area contributed by atoms with E-state index in [0.717, 1.165) is 21.6 Å². The lowest BCUT2D eigenvalue weighted by atomic mass is 9.67. The molecule has 3 atom stereocenters. The van der Waals surface area contributed by atoms with Crippen molar-refractivity contribution in [3.8, 4) is 17.9 Å². The molecule has 172 valence electrons. The zero-order valence-corrected chi connectivity index (χ0v) is 20.2. The number of nitrogens with zero attached hydrogens (tertiary/aromatic N) is 3. The van der Waals surface area contributed by atoms with Crippen molar-refractivity contribution >= 4 is 23.6 Å². The van der Waals surface area contributed by atoms with E-state index in [2.05, 4.69) is 12.1 Å². The summed E-state index contributed by atoms with van der Waals surface area (Å²) >= 11 is 1.62. The predicted molar refractivity (Wildman–Crippen MR) is 136 cm³/mol. The SMILES string of the molecule is COc1ccc(C(=O)[C@@H]2[C@@H](c3ccc(SC)cc3)C(C#N)(C#N)[C@@H]3c4ccccc4C=CN23)cc1. The highest BCUT2D eigenvalue weighted by atomic mass is 32.2. The standard InChI is InChI=1S/C29H23N3O2S/c1-34-22-11-7-21(8-12-22)27(33)26-25(20-9-13-23(35-2)14-10-20)29(17-30,18-31)28-24-6-4-3-5-19(24)15-16-32(26)28/h3-16,25-26,28H,1-2H3/t25-,26+,28+/m1/s1. The van der Waals surface area contributed by atoms with Gasteiger partial charge in [-0.2, -0.15) is 10.5 Å². The molecule has 3 aromatic rings. The number of carbonyl (C=O) groups excluding carboxylic acids is 1. The number of rotatable bonds is 5. The number of methoxy groups -OCH3 is 1. The first-order chi connectivity index (χ1) is 17.1. The summed E-state index contributed by atoms with van der Waals surface area (Å²) in [6, 6.07) is 26.1. The lowest BCUT2D eigenvalue weighted by molar-refractivity contribution is 0.0874. The molecule has 5 rings (SSSR count). The Labute approximate surface area is 209 Å². The number of hydrogen-bond donors (Lipinski definition) is 0. The maximum absolute atomic E-state index is 14.1. The van der Waals surface area contributed by atoms with E-state index in [9.17, 15) is 15.3 Å². The number of benzene rings is 3. The Balaban J connectivity index is 1.73. The van der Waals surface area contributed by atoms with Crippen molar-refractivity contribution in [3.05, 3.63) is 101 Å². The molecule has 0 bridgehead atoms. The first-order valence-electron chi connectivity index (χ1n) is 11.3. The van der Waals surface area contributed by atoms with Gasteiger partial charge in [-0.1, -0.05) is 36.4 Å². The van der Waals surface area contributed by atoms with Crippen molar-refractivity contribution in [2.75, 3.05) is 13.4 Å². The molecule has 0 unspecified atom stereocenters. The van der Waals surface area contributed by atoms with Gasteiger partial charge >= 0.3 is 0 Å². The van der Waals surface area contributed by atoms with E-state index in [1.807, 2.05) is 72.0 Å². The summed E-state index contributed by atoms with van der Waals surface area (Å²) in [5.74, 6) is -0.123. The molecular formula is C29H23N3O2S. The maximum atomic E-state index is 14.1. The van der Waals surface area contributed by atoms with Crippen LogP contribution in [0.2, 0.25) is 0 Å². The molecule has 1 saturated heterocycles. The number of thioether (sulfide) groups is 1. The van der Waals surface area contributed by atoms with Crippen LogP contribution in [0.15, 0.2) is 83.9 Å². The molecule has 1 fully saturated rings. The Kier molecular flexibility index (Phi) is 5.84. The number of ketones is 1. The highest BCUT2D eigenvalue weighted by Gasteiger charge is 2.63. The van der Waals surface area contributed by atoms with Crippen molar-refractivity contribution in [1.82, 2.24) is 4.90 Å². The second-order valence-corrected chi connectivity index (χ2v) is 9.56. The molecule has 0 aliphatic carbocycles. The van der Waals surface area contributed by atoms with Gasteiger partial charge < -0.3 is 9.64 Å². The minimum atomic E-state index is -1.46. The molecule has 5 nitrogen and oxygen atoms in total. The van der Waals surface area contributed by atoms with Crippen LogP contribution in [0.1, 0.15) is 39.0 Å². The second kappa shape index (κ2) is 8.98. The number of ether oxygens (including phenoxy) is 1. The zero-order chi connectivity index (χ0) is 24.6. The third kappa shape index (κ3) is 3.50. The summed E-state index contributed by atoms with van der Waals surface area (Å²) < 4.78 is 5.26. The number of hydrogen-bond acceptors (Lipinski definition) is 6. The number of carbonyl (C=O) groups is 1. The third-order valence-electron chi connectivity index (χ3n) is 7.06. The van der Waals surface area contributed by atoms with Crippen molar-refractivity contribution in [2.45, 2.75) is 22.9 Å². The quantitative estimate of drug-likeness (QED) is 0.340. The van der Waals surface area contributed by atoms with Gasteiger partial charge in [-0.3, -0.25) is 4.79 Å². The fourth-order valence-corrected chi connectivity index (χ4v) is 5.81. The first-order valence-corrected chi connectivity index (χ1v) is 12.5. The van der Waals surface area contributed by atoms with E-state index < -0.39 is 23.4 Å². The zero-order valence-electron chi connectivity index (χ0n) is 19.4. The lowest BCUT2D eigenvalue weighted by Gasteiger charge is -2.34. The van der Waals surface area contributed by atoms with Crippen molar-refractivity contribution < 1.29 is 9.53 Å². The fourth-order valence-electron chi connectivity index (χ4n) is 5.41. The van der Waals surface area contributed by atoms with Gasteiger partial charge in [0.05, 0.1) is 25.3 Å². The molecule has 2 aliphatic rings. The van der Waals surface area contributed by atoms with Crippen LogP contribution in [0.3, 0.4) is 0 Å². The van der Waals surface area contributed by atoms with Gasteiger partial charge in [-0.25, -0.2) is 0 Å². The van der Waals surface area contributed by atoms with Crippen LogP contribution in [-0.2, 0) is 0 Å². The van der Waals surface area contributed by atoms with Gasteiger partial charge in [0.25, 0.3) is 0 Å². The van der Waals surface area contributed by atoms with Crippen molar-refractivity contribution in [2.24, 2.45) is 5.41 Å². The van der Waals surface area contributed by atoms with Crippen LogP contribution in [0.4, 0.5) is 0 Å². The van der Waals surface area contributed by atoms with E-state index in [4.69, 9.17) is 4.74 Å². The van der Waals surface area contributed by atoms with E-state index in [-0.39, 0.29) is 5.78 Å². The minimum absolute atomic E-state index is 0.131. The van der Waals surface area contributed by atoms with E-state index in [1.54, 1.807) is 43.1 Å². The molecule has 0 aromatic heterocycles. The van der Waals surface area contributed by atoms with Crippen LogP contribution in [0.5, 0.6) is 5.75 Å². The molecule has 0 saturated carbocycles. The molecule has 0 N–H and O–H groups in total. The largest absolute Gasteiger partial charge is 0.497 e. The normalized spacial score (nSPS) is 21.4. The van der Waals surface area contributed by atoms with Crippen molar-refractivity contribution in [3.63, 3.8) is 0 Å². The molecular weight excluding hydrogens is 454 g/mol. The Morgan fingerprint density at radius 1 is 1.00 bits per heavy atom. The van der Waals surface area contributed by atoms with Crippen molar-refractivity contribution in [1.29, 1.82) is 10.5 Å². The molecule has 35 heavy (non-hydrogen) atoms. The van der Waals surface area contributed by atoms with Gasteiger partial charge in [-0.15, -0.1) is 11.8 Å². The highest BCUT2D eigenvalue weighted by Crippen LogP contribution is 2.60. The summed E-state index contributed by atoms with van der Waals surface area (Å²) in [5, 5.41) is 21.2. The minimum Gasteiger partial charge on any atom is -0.497 e. The average molecular weight is 478 g/mol. The van der Waals surface area contributed by atoms with Crippen LogP contribution < -0.4 is 4.74 Å². The molecule has 6 heteroatoms. The predicted octanol–water partition coefficient (Wildman–Crippen LogP) is 5.83. The number of Topliss-reactive ketones (excluding diaryl/α,β-unsaturated/α-hetero) is 1. The summed E-state index contributed by atoms with van der Waals surface area (Å²) in [6.45, 7) is 0. The van der Waals surface area contributed by atoms with Gasteiger partial charge in [0.15, 0.2) is 11.2 Å². The van der Waals surface area contributed by atoms with E-state index in [0.29, 0.717) is 11.3 Å². The van der Waals surface area contributed by atoms with E-state index in [1.165, 1.54) is 0 Å². The number of nitriles is 2. The monoisotopic (exact) mass is 477 g/mol. The molecule has 0 amide bonds. The van der Waals surface area contributed by atoms with Gasteiger partial charge in [-0.05, 0) is 65.4 Å². The summed E-state index contributed by atoms with van der Waals surface area (Å²) in [6.07, 6.45) is 5.83. The Bertz CT molecular complexity index is 1370. The van der Waals surface area contributed by atoms with Crippen LogP contribution in [0, 0.1) is 28.1 Å². The summed E-state index contributed by atoms with van der Waals surface area (Å²) in [7, 11) is 1.58. The second-order valence-electron chi connectivity index (χ2n) is 8.68. The molecule has 0 spiro atoms. The Hall–Kier alpha value is -4.00. The van der Waals surface area contributed by atoms with Crippen LogP contribution >= 0.6 is 11.8 Å². The maximum Gasteiger partial charge on any atom is 0.185 e.